The van der Waals surface area contributed by atoms with Gasteiger partial charge in [-0.1, -0.05) is 48.5 Å². The summed E-state index contributed by atoms with van der Waals surface area (Å²) in [6.45, 7) is 4.49. The van der Waals surface area contributed by atoms with Crippen LogP contribution in [0.5, 0.6) is 0 Å². The Kier molecular flexibility index (Phi) is 3.59. The van der Waals surface area contributed by atoms with Crippen LogP contribution in [-0.4, -0.2) is 16.7 Å². The molecule has 0 spiro atoms. The van der Waals surface area contributed by atoms with E-state index in [0.717, 1.165) is 28.2 Å². The predicted molar refractivity (Wildman–Crippen MR) is 105 cm³/mol. The molecule has 1 atom stereocenters. The lowest BCUT2D eigenvalue weighted by atomic mass is 10.0. The number of hydrogen-bond acceptors (Lipinski definition) is 3. The summed E-state index contributed by atoms with van der Waals surface area (Å²) in [4.78, 5) is 33.4. The van der Waals surface area contributed by atoms with E-state index in [1.807, 2.05) is 56.3 Å². The predicted octanol–water partition coefficient (Wildman–Crippen LogP) is 3.43. The van der Waals surface area contributed by atoms with E-state index in [9.17, 15) is 9.59 Å². The molecule has 2 aromatic carbocycles. The fraction of sp³-hybridized carbons (Fsp3) is 0.174. The normalized spacial score (nSPS) is 17.4. The van der Waals surface area contributed by atoms with Crippen LogP contribution in [0, 0.1) is 13.8 Å². The van der Waals surface area contributed by atoms with Gasteiger partial charge >= 0.3 is 0 Å². The third-order valence-corrected chi connectivity index (χ3v) is 5.52. The minimum atomic E-state index is -0.443. The third-order valence-electron chi connectivity index (χ3n) is 5.52. The number of H-pyrrole nitrogens is 1. The molecular weight excluding hydrogens is 350 g/mol. The molecule has 0 radical (unpaired) electrons. The van der Waals surface area contributed by atoms with Gasteiger partial charge in [0.25, 0.3) is 17.6 Å². The van der Waals surface area contributed by atoms with Crippen LogP contribution in [0.1, 0.15) is 49.3 Å². The average molecular weight is 370 g/mol. The van der Waals surface area contributed by atoms with Crippen LogP contribution in [0.25, 0.3) is 0 Å². The SMILES string of the molecule is Cc1cc(C)c2c([nH+]1)N(Cc1ccccc1)[C@@H]1c3ccccc3C(=O)N1C2=O. The van der Waals surface area contributed by atoms with Gasteiger partial charge in [0.1, 0.15) is 12.1 Å². The van der Waals surface area contributed by atoms with Gasteiger partial charge in [-0.15, -0.1) is 0 Å². The molecule has 2 amide bonds. The van der Waals surface area contributed by atoms with Gasteiger partial charge in [-0.05, 0) is 37.1 Å². The van der Waals surface area contributed by atoms with Crippen molar-refractivity contribution in [2.45, 2.75) is 26.6 Å². The Morgan fingerprint density at radius 1 is 0.929 bits per heavy atom. The number of anilines is 1. The van der Waals surface area contributed by atoms with Crippen molar-refractivity contribution in [3.63, 3.8) is 0 Å². The van der Waals surface area contributed by atoms with Crippen molar-refractivity contribution in [2.75, 3.05) is 4.90 Å². The maximum atomic E-state index is 13.4. The maximum absolute atomic E-state index is 13.4. The van der Waals surface area contributed by atoms with Crippen molar-refractivity contribution in [1.82, 2.24) is 4.90 Å². The highest BCUT2D eigenvalue weighted by Crippen LogP contribution is 2.44. The summed E-state index contributed by atoms with van der Waals surface area (Å²) in [6, 6.07) is 19.6. The Balaban J connectivity index is 1.75. The van der Waals surface area contributed by atoms with Gasteiger partial charge in [0.05, 0.1) is 5.69 Å². The van der Waals surface area contributed by atoms with Crippen LogP contribution < -0.4 is 9.88 Å². The number of fused-ring (bicyclic) bond motifs is 4. The van der Waals surface area contributed by atoms with Gasteiger partial charge in [0.15, 0.2) is 0 Å². The second-order valence-corrected chi connectivity index (χ2v) is 7.41. The number of hydrogen-bond donors (Lipinski definition) is 0. The molecule has 0 bridgehead atoms. The first-order chi connectivity index (χ1) is 13.6. The van der Waals surface area contributed by atoms with Crippen molar-refractivity contribution in [3.05, 3.63) is 94.2 Å². The molecule has 0 saturated carbocycles. The summed E-state index contributed by atoms with van der Waals surface area (Å²) in [5, 5.41) is 0. The van der Waals surface area contributed by atoms with Crippen LogP contribution in [0.4, 0.5) is 5.82 Å². The van der Waals surface area contributed by atoms with Crippen molar-refractivity contribution in [1.29, 1.82) is 0 Å². The summed E-state index contributed by atoms with van der Waals surface area (Å²) in [6.07, 6.45) is -0.443. The first kappa shape index (κ1) is 16.7. The molecule has 5 rings (SSSR count). The largest absolute Gasteiger partial charge is 0.290 e. The zero-order valence-electron chi connectivity index (χ0n) is 15.8. The van der Waals surface area contributed by atoms with Crippen molar-refractivity contribution >= 4 is 17.6 Å². The first-order valence-electron chi connectivity index (χ1n) is 9.37. The monoisotopic (exact) mass is 370 g/mol. The Bertz CT molecular complexity index is 1120. The number of aryl methyl sites for hydroxylation is 2. The number of pyridine rings is 1. The molecule has 5 nitrogen and oxygen atoms in total. The number of amides is 2. The zero-order valence-corrected chi connectivity index (χ0v) is 15.8. The van der Waals surface area contributed by atoms with Gasteiger partial charge in [0, 0.05) is 11.1 Å². The smallest absolute Gasteiger partial charge is 0.268 e. The Morgan fingerprint density at radius 3 is 2.43 bits per heavy atom. The molecule has 3 heterocycles. The van der Waals surface area contributed by atoms with Gasteiger partial charge in [-0.2, -0.15) is 0 Å². The molecule has 2 aliphatic rings. The molecule has 28 heavy (non-hydrogen) atoms. The number of aromatic nitrogens is 1. The minimum Gasteiger partial charge on any atom is -0.268 e. The van der Waals surface area contributed by atoms with E-state index in [2.05, 4.69) is 22.0 Å². The standard InChI is InChI=1S/C23H19N3O2/c1-14-12-15(2)24-20-19(14)23(28)26-21(17-10-6-7-11-18(17)22(26)27)25(20)13-16-8-4-3-5-9-16/h3-12,21H,13H2,1-2H3/p+1/t21-/m0/s1. The molecule has 0 fully saturated rings. The molecule has 0 aliphatic carbocycles. The lowest BCUT2D eigenvalue weighted by Crippen LogP contribution is -2.50. The van der Waals surface area contributed by atoms with Crippen LogP contribution >= 0.6 is 0 Å². The Labute approximate surface area is 163 Å². The maximum Gasteiger partial charge on any atom is 0.290 e. The number of imide groups is 1. The second-order valence-electron chi connectivity index (χ2n) is 7.41. The number of nitrogens with one attached hydrogen (secondary N) is 1. The number of nitrogens with zero attached hydrogens (tertiary/aromatic N) is 2. The molecular formula is C23H20N3O2+. The van der Waals surface area contributed by atoms with Crippen molar-refractivity contribution in [2.24, 2.45) is 0 Å². The molecule has 1 N–H and O–H groups in total. The van der Waals surface area contributed by atoms with E-state index in [4.69, 9.17) is 0 Å². The number of aromatic amines is 1. The number of rotatable bonds is 2. The second kappa shape index (κ2) is 6.02. The number of carbonyl (C=O) groups excluding carboxylic acids is 2. The molecule has 0 unspecified atom stereocenters. The minimum absolute atomic E-state index is 0.228. The molecule has 0 saturated heterocycles. The van der Waals surface area contributed by atoms with Gasteiger partial charge in [-0.25, -0.2) is 14.8 Å². The highest BCUT2D eigenvalue weighted by molar-refractivity contribution is 6.16. The van der Waals surface area contributed by atoms with Crippen LogP contribution in [0.2, 0.25) is 0 Å². The van der Waals surface area contributed by atoms with Crippen molar-refractivity contribution < 1.29 is 14.6 Å². The Morgan fingerprint density at radius 2 is 1.64 bits per heavy atom. The summed E-state index contributed by atoms with van der Waals surface area (Å²) < 4.78 is 0. The fourth-order valence-corrected chi connectivity index (χ4v) is 4.35. The summed E-state index contributed by atoms with van der Waals surface area (Å²) in [7, 11) is 0. The van der Waals surface area contributed by atoms with Crippen molar-refractivity contribution in [3.8, 4) is 0 Å². The van der Waals surface area contributed by atoms with E-state index in [-0.39, 0.29) is 11.8 Å². The molecule has 138 valence electrons. The highest BCUT2D eigenvalue weighted by atomic mass is 16.2. The van der Waals surface area contributed by atoms with Gasteiger partial charge < -0.3 is 0 Å². The number of carbonyl (C=O) groups is 2. The fourth-order valence-electron chi connectivity index (χ4n) is 4.35. The zero-order chi connectivity index (χ0) is 19.4. The molecule has 1 aromatic heterocycles. The van der Waals surface area contributed by atoms with Crippen LogP contribution in [0.15, 0.2) is 60.7 Å². The summed E-state index contributed by atoms with van der Waals surface area (Å²) in [5.41, 5.74) is 5.01. The van der Waals surface area contributed by atoms with Gasteiger partial charge in [0.2, 0.25) is 6.17 Å². The highest BCUT2D eigenvalue weighted by Gasteiger charge is 2.53. The molecule has 2 aliphatic heterocycles. The number of benzene rings is 2. The van der Waals surface area contributed by atoms with E-state index in [0.29, 0.717) is 17.7 Å². The van der Waals surface area contributed by atoms with Crippen LogP contribution in [-0.2, 0) is 6.54 Å². The average Bonchev–Trinajstić information content (AvgIpc) is 2.99. The molecule has 5 heteroatoms. The van der Waals surface area contributed by atoms with E-state index in [1.54, 1.807) is 6.07 Å². The van der Waals surface area contributed by atoms with Crippen LogP contribution in [0.3, 0.4) is 0 Å². The van der Waals surface area contributed by atoms with E-state index >= 15 is 0 Å². The first-order valence-corrected chi connectivity index (χ1v) is 9.37. The quantitative estimate of drug-likeness (QED) is 0.650. The lowest BCUT2D eigenvalue weighted by Gasteiger charge is -2.35. The summed E-state index contributed by atoms with van der Waals surface area (Å²) in [5.74, 6) is 0.311. The topological polar surface area (TPSA) is 54.8 Å². The summed E-state index contributed by atoms with van der Waals surface area (Å²) >= 11 is 0. The molecule has 3 aromatic rings. The van der Waals surface area contributed by atoms with Gasteiger partial charge in [-0.3, -0.25) is 9.59 Å². The van der Waals surface area contributed by atoms with E-state index < -0.39 is 6.17 Å². The lowest BCUT2D eigenvalue weighted by molar-refractivity contribution is -0.375. The third kappa shape index (κ3) is 2.29. The van der Waals surface area contributed by atoms with E-state index in [1.165, 1.54) is 4.90 Å². The Hall–Kier alpha value is -3.47.